The van der Waals surface area contributed by atoms with Crippen molar-refractivity contribution in [3.63, 3.8) is 0 Å². The molecular formula is C13H11BrCl2N2. The first-order valence-corrected chi connectivity index (χ1v) is 6.83. The van der Waals surface area contributed by atoms with Crippen LogP contribution < -0.4 is 11.3 Å². The molecule has 0 aliphatic rings. The minimum absolute atomic E-state index is 0.128. The third-order valence-corrected chi connectivity index (χ3v) is 3.86. The predicted octanol–water partition coefficient (Wildman–Crippen LogP) is 4.31. The summed E-state index contributed by atoms with van der Waals surface area (Å²) < 4.78 is 1.00. The quantitative estimate of drug-likeness (QED) is 0.642. The molecule has 0 aliphatic carbocycles. The second kappa shape index (κ2) is 6.04. The number of halogens is 3. The van der Waals surface area contributed by atoms with Crippen LogP contribution in [-0.4, -0.2) is 0 Å². The number of nitrogens with one attached hydrogen (secondary N) is 1. The summed E-state index contributed by atoms with van der Waals surface area (Å²) in [6, 6.07) is 13.3. The van der Waals surface area contributed by atoms with E-state index in [2.05, 4.69) is 21.4 Å². The fourth-order valence-electron chi connectivity index (χ4n) is 1.76. The first kappa shape index (κ1) is 13.8. The molecule has 0 spiro atoms. The average molecular weight is 346 g/mol. The van der Waals surface area contributed by atoms with Gasteiger partial charge in [-0.2, -0.15) is 0 Å². The van der Waals surface area contributed by atoms with Gasteiger partial charge in [0.1, 0.15) is 0 Å². The molecule has 0 aliphatic heterocycles. The van der Waals surface area contributed by atoms with Gasteiger partial charge >= 0.3 is 0 Å². The van der Waals surface area contributed by atoms with Crippen LogP contribution in [0.5, 0.6) is 0 Å². The Labute approximate surface area is 124 Å². The maximum atomic E-state index is 6.02. The van der Waals surface area contributed by atoms with Crippen molar-refractivity contribution in [2.45, 2.75) is 6.04 Å². The summed E-state index contributed by atoms with van der Waals surface area (Å²) in [6.45, 7) is 0. The first-order valence-electron chi connectivity index (χ1n) is 5.28. The third-order valence-electron chi connectivity index (χ3n) is 2.63. The van der Waals surface area contributed by atoms with E-state index >= 15 is 0 Å². The number of nitrogens with two attached hydrogens (primary N) is 1. The Morgan fingerprint density at radius 2 is 1.72 bits per heavy atom. The summed E-state index contributed by atoms with van der Waals surface area (Å²) in [4.78, 5) is 0. The van der Waals surface area contributed by atoms with E-state index in [9.17, 15) is 0 Å². The predicted molar refractivity (Wildman–Crippen MR) is 79.8 cm³/mol. The topological polar surface area (TPSA) is 38.0 Å². The van der Waals surface area contributed by atoms with Crippen LogP contribution in [0.15, 0.2) is 46.9 Å². The highest BCUT2D eigenvalue weighted by Gasteiger charge is 2.13. The molecule has 0 amide bonds. The number of hydrogen-bond acceptors (Lipinski definition) is 2. The summed E-state index contributed by atoms with van der Waals surface area (Å²) in [6.07, 6.45) is 0. The zero-order valence-electron chi connectivity index (χ0n) is 9.33. The van der Waals surface area contributed by atoms with Crippen LogP contribution in [0.1, 0.15) is 17.2 Å². The third kappa shape index (κ3) is 3.05. The molecule has 1 atom stereocenters. The van der Waals surface area contributed by atoms with Gasteiger partial charge in [-0.05, 0) is 35.4 Å². The van der Waals surface area contributed by atoms with Crippen molar-refractivity contribution < 1.29 is 0 Å². The number of hydrazine groups is 1. The van der Waals surface area contributed by atoms with Crippen LogP contribution in [0.3, 0.4) is 0 Å². The van der Waals surface area contributed by atoms with Gasteiger partial charge in [0.2, 0.25) is 0 Å². The largest absolute Gasteiger partial charge is 0.271 e. The maximum Gasteiger partial charge on any atom is 0.0711 e. The molecule has 1 unspecified atom stereocenters. The zero-order chi connectivity index (χ0) is 13.1. The van der Waals surface area contributed by atoms with Crippen molar-refractivity contribution in [3.8, 4) is 0 Å². The maximum absolute atomic E-state index is 6.02. The summed E-state index contributed by atoms with van der Waals surface area (Å²) in [5.41, 5.74) is 4.80. The smallest absolute Gasteiger partial charge is 0.0711 e. The van der Waals surface area contributed by atoms with E-state index in [0.717, 1.165) is 15.6 Å². The molecule has 2 nitrogen and oxygen atoms in total. The van der Waals surface area contributed by atoms with Crippen LogP contribution in [0.2, 0.25) is 10.0 Å². The second-order valence-electron chi connectivity index (χ2n) is 3.83. The van der Waals surface area contributed by atoms with Crippen LogP contribution in [0, 0.1) is 0 Å². The van der Waals surface area contributed by atoms with Gasteiger partial charge in [-0.3, -0.25) is 5.84 Å². The lowest BCUT2D eigenvalue weighted by molar-refractivity contribution is 0.637. The van der Waals surface area contributed by atoms with E-state index in [-0.39, 0.29) is 6.04 Å². The Balaban J connectivity index is 2.42. The summed E-state index contributed by atoms with van der Waals surface area (Å²) >= 11 is 15.4. The lowest BCUT2D eigenvalue weighted by Crippen LogP contribution is -2.28. The average Bonchev–Trinajstić information content (AvgIpc) is 2.35. The Bertz CT molecular complexity index is 560. The number of hydrogen-bond donors (Lipinski definition) is 2. The van der Waals surface area contributed by atoms with Crippen LogP contribution in [-0.2, 0) is 0 Å². The van der Waals surface area contributed by atoms with E-state index in [1.54, 1.807) is 6.07 Å². The molecule has 0 saturated carbocycles. The van der Waals surface area contributed by atoms with Gasteiger partial charge in [-0.15, -0.1) is 0 Å². The van der Waals surface area contributed by atoms with Crippen LogP contribution >= 0.6 is 39.1 Å². The Kier molecular flexibility index (Phi) is 4.65. The van der Waals surface area contributed by atoms with Gasteiger partial charge in [-0.25, -0.2) is 5.43 Å². The van der Waals surface area contributed by atoms with Gasteiger partial charge in [0, 0.05) is 4.47 Å². The number of benzene rings is 2. The Morgan fingerprint density at radius 1 is 1.00 bits per heavy atom. The normalized spacial score (nSPS) is 12.4. The van der Waals surface area contributed by atoms with Crippen molar-refractivity contribution in [1.29, 1.82) is 0 Å². The molecule has 5 heteroatoms. The summed E-state index contributed by atoms with van der Waals surface area (Å²) in [5, 5.41) is 1.05. The van der Waals surface area contributed by atoms with Crippen LogP contribution in [0.4, 0.5) is 0 Å². The number of rotatable bonds is 3. The van der Waals surface area contributed by atoms with Crippen molar-refractivity contribution >= 4 is 39.1 Å². The van der Waals surface area contributed by atoms with Gasteiger partial charge in [0.05, 0.1) is 16.1 Å². The summed E-state index contributed by atoms with van der Waals surface area (Å²) in [7, 11) is 0. The zero-order valence-corrected chi connectivity index (χ0v) is 12.4. The minimum Gasteiger partial charge on any atom is -0.271 e. The Morgan fingerprint density at radius 3 is 2.33 bits per heavy atom. The van der Waals surface area contributed by atoms with E-state index in [1.165, 1.54) is 0 Å². The molecule has 0 saturated heterocycles. The van der Waals surface area contributed by atoms with Gasteiger partial charge in [0.15, 0.2) is 0 Å². The first-order chi connectivity index (χ1) is 8.61. The SMILES string of the molecule is NNC(c1cccc(Br)c1)c1ccc(Cl)c(Cl)c1. The standard InChI is InChI=1S/C13H11BrCl2N2/c14-10-3-1-2-8(6-10)13(18-17)9-4-5-11(15)12(16)7-9/h1-7,13,18H,17H2. The van der Waals surface area contributed by atoms with E-state index in [0.29, 0.717) is 10.0 Å². The highest BCUT2D eigenvalue weighted by Crippen LogP contribution is 2.29. The highest BCUT2D eigenvalue weighted by atomic mass is 79.9. The molecule has 3 N–H and O–H groups in total. The molecule has 2 aromatic rings. The molecule has 0 radical (unpaired) electrons. The van der Waals surface area contributed by atoms with Gasteiger partial charge in [-0.1, -0.05) is 57.3 Å². The molecule has 0 heterocycles. The lowest BCUT2D eigenvalue weighted by Gasteiger charge is -2.17. The van der Waals surface area contributed by atoms with E-state index in [4.69, 9.17) is 29.0 Å². The van der Waals surface area contributed by atoms with E-state index in [1.807, 2.05) is 36.4 Å². The van der Waals surface area contributed by atoms with Crippen molar-refractivity contribution in [2.24, 2.45) is 5.84 Å². The molecular weight excluding hydrogens is 335 g/mol. The van der Waals surface area contributed by atoms with Gasteiger partial charge < -0.3 is 0 Å². The molecule has 94 valence electrons. The minimum atomic E-state index is -0.128. The molecule has 0 aromatic heterocycles. The van der Waals surface area contributed by atoms with E-state index < -0.39 is 0 Å². The van der Waals surface area contributed by atoms with Crippen LogP contribution in [0.25, 0.3) is 0 Å². The fourth-order valence-corrected chi connectivity index (χ4v) is 2.49. The second-order valence-corrected chi connectivity index (χ2v) is 5.56. The van der Waals surface area contributed by atoms with Crippen molar-refractivity contribution in [3.05, 3.63) is 68.1 Å². The lowest BCUT2D eigenvalue weighted by atomic mass is 9.99. The highest BCUT2D eigenvalue weighted by molar-refractivity contribution is 9.10. The van der Waals surface area contributed by atoms with Crippen molar-refractivity contribution in [1.82, 2.24) is 5.43 Å². The van der Waals surface area contributed by atoms with Gasteiger partial charge in [0.25, 0.3) is 0 Å². The molecule has 0 fully saturated rings. The fraction of sp³-hybridized carbons (Fsp3) is 0.0769. The monoisotopic (exact) mass is 344 g/mol. The molecule has 2 rings (SSSR count). The molecule has 0 bridgehead atoms. The summed E-state index contributed by atoms with van der Waals surface area (Å²) in [5.74, 6) is 5.63. The Hall–Kier alpha value is -0.580. The molecule has 18 heavy (non-hydrogen) atoms. The molecule has 2 aromatic carbocycles. The van der Waals surface area contributed by atoms with Crippen molar-refractivity contribution in [2.75, 3.05) is 0 Å².